The molecule has 0 radical (unpaired) electrons. The molecule has 2 aromatic carbocycles. The van der Waals surface area contributed by atoms with Crippen molar-refractivity contribution in [3.05, 3.63) is 95.7 Å². The largest absolute Gasteiger partial charge is 0.330 e. The molecule has 3 heteroatoms. The van der Waals surface area contributed by atoms with Gasteiger partial charge in [-0.2, -0.15) is 5.26 Å². The lowest BCUT2D eigenvalue weighted by atomic mass is 9.89. The number of carbonyl (C=O) groups excluding carboxylic acids is 1. The minimum Gasteiger partial charge on any atom is -0.330 e. The maximum absolute atomic E-state index is 13.4. The molecule has 2 aliphatic heterocycles. The van der Waals surface area contributed by atoms with E-state index in [0.717, 1.165) is 16.8 Å². The van der Waals surface area contributed by atoms with Crippen LogP contribution >= 0.6 is 0 Å². The van der Waals surface area contributed by atoms with Crippen LogP contribution in [0.15, 0.2) is 79.0 Å². The average Bonchev–Trinajstić information content (AvgIpc) is 2.90. The molecule has 0 bridgehead atoms. The zero-order chi connectivity index (χ0) is 17.4. The molecule has 0 N–H and O–H groups in total. The Balaban J connectivity index is 1.97. The Morgan fingerprint density at radius 2 is 1.68 bits per heavy atom. The molecule has 1 atom stereocenters. The fourth-order valence-electron chi connectivity index (χ4n) is 3.45. The molecule has 1 unspecified atom stereocenters. The van der Waals surface area contributed by atoms with Crippen molar-refractivity contribution in [3.63, 3.8) is 0 Å². The lowest BCUT2D eigenvalue weighted by Gasteiger charge is -2.34. The molecule has 2 heterocycles. The van der Waals surface area contributed by atoms with E-state index in [4.69, 9.17) is 5.26 Å². The summed E-state index contributed by atoms with van der Waals surface area (Å²) in [5, 5.41) is 9.03. The van der Waals surface area contributed by atoms with E-state index in [1.807, 2.05) is 78.7 Å². The van der Waals surface area contributed by atoms with Gasteiger partial charge >= 0.3 is 0 Å². The van der Waals surface area contributed by atoms with E-state index in [9.17, 15) is 4.79 Å². The number of hydrogen-bond acceptors (Lipinski definition) is 3. The lowest BCUT2D eigenvalue weighted by molar-refractivity contribution is -0.118. The number of fused-ring (bicyclic) bond motifs is 1. The van der Waals surface area contributed by atoms with E-state index >= 15 is 0 Å². The SMILES string of the molecule is CC12C=CC=CN1C(c1ccccc1)=C(c1ccc(C#N)cc1)C2=O. The summed E-state index contributed by atoms with van der Waals surface area (Å²) < 4.78 is 0. The van der Waals surface area contributed by atoms with E-state index in [2.05, 4.69) is 6.07 Å². The predicted molar refractivity (Wildman–Crippen MR) is 97.9 cm³/mol. The summed E-state index contributed by atoms with van der Waals surface area (Å²) in [6, 6.07) is 19.3. The number of allylic oxidation sites excluding steroid dienone is 2. The molecule has 0 aliphatic carbocycles. The Labute approximate surface area is 146 Å². The van der Waals surface area contributed by atoms with Crippen LogP contribution in [-0.2, 0) is 4.79 Å². The maximum Gasteiger partial charge on any atom is 0.195 e. The van der Waals surface area contributed by atoms with Crippen LogP contribution in [0.1, 0.15) is 23.6 Å². The Morgan fingerprint density at radius 3 is 2.36 bits per heavy atom. The molecule has 0 spiro atoms. The molecule has 3 nitrogen and oxygen atoms in total. The zero-order valence-electron chi connectivity index (χ0n) is 13.8. The first-order valence-electron chi connectivity index (χ1n) is 8.15. The van der Waals surface area contributed by atoms with Gasteiger partial charge in [-0.05, 0) is 36.3 Å². The van der Waals surface area contributed by atoms with E-state index in [-0.39, 0.29) is 5.78 Å². The van der Waals surface area contributed by atoms with Gasteiger partial charge in [-0.1, -0.05) is 54.6 Å². The van der Waals surface area contributed by atoms with Crippen LogP contribution in [0, 0.1) is 11.3 Å². The molecule has 0 amide bonds. The fraction of sp³-hybridized carbons (Fsp3) is 0.0909. The second-order valence-electron chi connectivity index (χ2n) is 6.33. The number of benzene rings is 2. The van der Waals surface area contributed by atoms with Crippen molar-refractivity contribution < 1.29 is 4.79 Å². The normalized spacial score (nSPS) is 21.4. The smallest absolute Gasteiger partial charge is 0.195 e. The minimum absolute atomic E-state index is 0.0664. The Hall–Kier alpha value is -3.38. The van der Waals surface area contributed by atoms with Crippen molar-refractivity contribution >= 4 is 17.1 Å². The standard InChI is InChI=1S/C22H16N2O/c1-22-13-5-6-14-24(22)20(18-7-3-2-4-8-18)19(21(22)25)17-11-9-16(15-23)10-12-17/h2-14H,1H3. The number of carbonyl (C=O) groups is 1. The summed E-state index contributed by atoms with van der Waals surface area (Å²) in [7, 11) is 0. The summed E-state index contributed by atoms with van der Waals surface area (Å²) in [5.74, 6) is 0.0664. The highest BCUT2D eigenvalue weighted by atomic mass is 16.1. The van der Waals surface area contributed by atoms with E-state index in [1.54, 1.807) is 12.1 Å². The number of nitrogens with zero attached hydrogens (tertiary/aromatic N) is 2. The van der Waals surface area contributed by atoms with Crippen LogP contribution in [0.3, 0.4) is 0 Å². The van der Waals surface area contributed by atoms with Gasteiger partial charge in [-0.15, -0.1) is 0 Å². The van der Waals surface area contributed by atoms with Crippen molar-refractivity contribution in [2.45, 2.75) is 12.5 Å². The molecule has 0 saturated heterocycles. The van der Waals surface area contributed by atoms with Gasteiger partial charge in [-0.25, -0.2) is 0 Å². The molecule has 0 saturated carbocycles. The minimum atomic E-state index is -0.719. The summed E-state index contributed by atoms with van der Waals surface area (Å²) in [6.07, 6.45) is 7.75. The van der Waals surface area contributed by atoms with E-state index in [1.165, 1.54) is 0 Å². The third-order valence-electron chi connectivity index (χ3n) is 4.78. The van der Waals surface area contributed by atoms with Crippen LogP contribution in [-0.4, -0.2) is 16.2 Å². The van der Waals surface area contributed by atoms with Crippen molar-refractivity contribution in [3.8, 4) is 6.07 Å². The van der Waals surface area contributed by atoms with Gasteiger partial charge in [0.05, 0.1) is 22.9 Å². The van der Waals surface area contributed by atoms with Gasteiger partial charge in [0, 0.05) is 6.20 Å². The predicted octanol–water partition coefficient (Wildman–Crippen LogP) is 4.15. The lowest BCUT2D eigenvalue weighted by Crippen LogP contribution is -2.43. The maximum atomic E-state index is 13.4. The molecule has 2 aromatic rings. The zero-order valence-corrected chi connectivity index (χ0v) is 13.8. The van der Waals surface area contributed by atoms with Crippen LogP contribution in [0.4, 0.5) is 0 Å². The second kappa shape index (κ2) is 5.61. The van der Waals surface area contributed by atoms with E-state index < -0.39 is 5.54 Å². The molecule has 0 aromatic heterocycles. The first kappa shape index (κ1) is 15.2. The van der Waals surface area contributed by atoms with Crippen LogP contribution < -0.4 is 0 Å². The Kier molecular flexibility index (Phi) is 3.40. The van der Waals surface area contributed by atoms with Crippen molar-refractivity contribution in [2.24, 2.45) is 0 Å². The second-order valence-corrected chi connectivity index (χ2v) is 6.33. The van der Waals surface area contributed by atoms with Crippen molar-refractivity contribution in [1.29, 1.82) is 5.26 Å². The summed E-state index contributed by atoms with van der Waals surface area (Å²) in [4.78, 5) is 15.4. The van der Waals surface area contributed by atoms with Crippen LogP contribution in [0.2, 0.25) is 0 Å². The Morgan fingerprint density at radius 1 is 0.960 bits per heavy atom. The molecule has 2 aliphatic rings. The molecule has 4 rings (SSSR count). The average molecular weight is 324 g/mol. The van der Waals surface area contributed by atoms with Gasteiger partial charge in [0.2, 0.25) is 0 Å². The van der Waals surface area contributed by atoms with Gasteiger partial charge in [0.1, 0.15) is 5.54 Å². The number of rotatable bonds is 2. The van der Waals surface area contributed by atoms with Crippen LogP contribution in [0.25, 0.3) is 11.3 Å². The summed E-state index contributed by atoms with van der Waals surface area (Å²) in [6.45, 7) is 1.94. The Bertz CT molecular complexity index is 975. The quantitative estimate of drug-likeness (QED) is 0.833. The molecular weight excluding hydrogens is 308 g/mol. The third-order valence-corrected chi connectivity index (χ3v) is 4.78. The number of Topliss-reactive ketones (excluding diaryl/α,β-unsaturated/α-hetero) is 1. The molecule has 25 heavy (non-hydrogen) atoms. The highest BCUT2D eigenvalue weighted by Crippen LogP contribution is 2.45. The first-order chi connectivity index (χ1) is 12.1. The molecule has 0 fully saturated rings. The van der Waals surface area contributed by atoms with E-state index in [0.29, 0.717) is 11.1 Å². The molecular formula is C22H16N2O. The fourth-order valence-corrected chi connectivity index (χ4v) is 3.45. The monoisotopic (exact) mass is 324 g/mol. The summed E-state index contributed by atoms with van der Waals surface area (Å²) >= 11 is 0. The highest BCUT2D eigenvalue weighted by molar-refractivity contribution is 6.35. The van der Waals surface area contributed by atoms with Gasteiger partial charge in [0.25, 0.3) is 0 Å². The van der Waals surface area contributed by atoms with Crippen LogP contribution in [0.5, 0.6) is 0 Å². The summed E-state index contributed by atoms with van der Waals surface area (Å²) in [5.41, 5.74) is 3.29. The first-order valence-corrected chi connectivity index (χ1v) is 8.15. The third kappa shape index (κ3) is 2.23. The highest BCUT2D eigenvalue weighted by Gasteiger charge is 2.48. The van der Waals surface area contributed by atoms with Crippen molar-refractivity contribution in [2.75, 3.05) is 0 Å². The number of ketones is 1. The van der Waals surface area contributed by atoms with Gasteiger partial charge in [-0.3, -0.25) is 4.79 Å². The number of hydrogen-bond donors (Lipinski definition) is 0. The van der Waals surface area contributed by atoms with Crippen molar-refractivity contribution in [1.82, 2.24) is 4.90 Å². The topological polar surface area (TPSA) is 44.1 Å². The molecule has 120 valence electrons. The van der Waals surface area contributed by atoms with Gasteiger partial charge < -0.3 is 4.90 Å². The van der Waals surface area contributed by atoms with Gasteiger partial charge in [0.15, 0.2) is 5.78 Å². The number of nitriles is 1.